The number of aryl methyl sites for hydroxylation is 1. The normalized spacial score (nSPS) is 13.7. The van der Waals surface area contributed by atoms with Crippen molar-refractivity contribution in [3.63, 3.8) is 0 Å². The van der Waals surface area contributed by atoms with Crippen LogP contribution in [-0.4, -0.2) is 37.5 Å². The predicted octanol–water partition coefficient (Wildman–Crippen LogP) is 7.13. The van der Waals surface area contributed by atoms with Gasteiger partial charge in [0.1, 0.15) is 28.5 Å². The van der Waals surface area contributed by atoms with Crippen LogP contribution in [0.5, 0.6) is 11.5 Å². The summed E-state index contributed by atoms with van der Waals surface area (Å²) in [6.45, 7) is 5.45. The van der Waals surface area contributed by atoms with Gasteiger partial charge < -0.3 is 24.4 Å². The molecule has 3 aromatic carbocycles. The van der Waals surface area contributed by atoms with E-state index >= 15 is 0 Å². The minimum atomic E-state index is -0.822. The lowest BCUT2D eigenvalue weighted by Gasteiger charge is -2.39. The van der Waals surface area contributed by atoms with Crippen LogP contribution in [-0.2, 0) is 16.1 Å². The molecule has 4 aromatic rings. The van der Waals surface area contributed by atoms with Crippen LogP contribution in [0.3, 0.4) is 0 Å². The maximum absolute atomic E-state index is 13.3. The van der Waals surface area contributed by atoms with Gasteiger partial charge in [-0.25, -0.2) is 9.59 Å². The van der Waals surface area contributed by atoms with Crippen molar-refractivity contribution in [2.45, 2.75) is 32.9 Å². The molecule has 0 spiro atoms. The summed E-state index contributed by atoms with van der Waals surface area (Å²) in [6, 6.07) is 18.9. The number of likely N-dealkylation sites (N-methyl/N-ethyl adjacent to an activating group) is 1. The van der Waals surface area contributed by atoms with Crippen molar-refractivity contribution >= 4 is 52.2 Å². The number of anilines is 2. The molecule has 1 aliphatic rings. The van der Waals surface area contributed by atoms with E-state index < -0.39 is 17.5 Å². The summed E-state index contributed by atoms with van der Waals surface area (Å²) in [4.78, 5) is 42.0. The van der Waals surface area contributed by atoms with Gasteiger partial charge in [-0.15, -0.1) is 11.3 Å². The molecule has 8 nitrogen and oxygen atoms in total. The quantitative estimate of drug-likeness (QED) is 0.177. The summed E-state index contributed by atoms with van der Waals surface area (Å²) in [5.74, 6) is -0.457. The Morgan fingerprint density at radius 1 is 1.00 bits per heavy atom. The van der Waals surface area contributed by atoms with Crippen molar-refractivity contribution in [3.8, 4) is 22.6 Å². The number of halogens is 1. The smallest absolute Gasteiger partial charge is 0.348 e. The van der Waals surface area contributed by atoms with E-state index in [1.165, 1.54) is 24.5 Å². The minimum absolute atomic E-state index is 0.0946. The van der Waals surface area contributed by atoms with E-state index in [0.717, 1.165) is 10.6 Å². The lowest BCUT2D eigenvalue weighted by molar-refractivity contribution is -0.121. The molecule has 0 radical (unpaired) electrons. The molecule has 0 bridgehead atoms. The zero-order valence-electron chi connectivity index (χ0n) is 23.7. The highest BCUT2D eigenvalue weighted by molar-refractivity contribution is 7.13. The number of benzene rings is 3. The molecule has 0 unspecified atom stereocenters. The number of esters is 2. The molecular weight excluding hydrogens is 576 g/mol. The standard InChI is InChI=1S/C32H29ClN2O6S/c1-18-9-14-27(42-18)30(37)40-17-24-22(12-13-25-28(24)35(4)31(38)32(2,3)34-25)23-11-10-21(16-26(23)39-5)41-29(36)19-7-6-8-20(33)15-19/h6-16,34H,17H2,1-5H3. The molecule has 0 saturated heterocycles. The largest absolute Gasteiger partial charge is 0.496 e. The number of carbonyl (C=O) groups is 3. The van der Waals surface area contributed by atoms with Gasteiger partial charge in [0.25, 0.3) is 5.91 Å². The van der Waals surface area contributed by atoms with Crippen LogP contribution in [0.1, 0.15) is 44.3 Å². The third-order valence-electron chi connectivity index (χ3n) is 6.93. The molecule has 10 heteroatoms. The second-order valence-corrected chi connectivity index (χ2v) is 12.1. The minimum Gasteiger partial charge on any atom is -0.496 e. The fourth-order valence-corrected chi connectivity index (χ4v) is 5.87. The van der Waals surface area contributed by atoms with Crippen molar-refractivity contribution in [1.82, 2.24) is 0 Å². The first-order chi connectivity index (χ1) is 20.0. The summed E-state index contributed by atoms with van der Waals surface area (Å²) < 4.78 is 17.1. The Kier molecular flexibility index (Phi) is 7.99. The lowest BCUT2D eigenvalue weighted by Crippen LogP contribution is -2.52. The summed E-state index contributed by atoms with van der Waals surface area (Å²) >= 11 is 7.37. The van der Waals surface area contributed by atoms with Crippen LogP contribution in [0, 0.1) is 6.92 Å². The Bertz CT molecular complexity index is 1710. The Hall–Kier alpha value is -4.34. The summed E-state index contributed by atoms with van der Waals surface area (Å²) in [5, 5.41) is 3.73. The van der Waals surface area contributed by atoms with E-state index in [0.29, 0.717) is 43.6 Å². The number of hydrogen-bond donors (Lipinski definition) is 1. The van der Waals surface area contributed by atoms with Gasteiger partial charge >= 0.3 is 11.9 Å². The monoisotopic (exact) mass is 604 g/mol. The molecule has 2 heterocycles. The van der Waals surface area contributed by atoms with Crippen LogP contribution < -0.4 is 19.7 Å². The third kappa shape index (κ3) is 5.70. The van der Waals surface area contributed by atoms with Gasteiger partial charge in [0, 0.05) is 34.1 Å². The van der Waals surface area contributed by atoms with Gasteiger partial charge in [-0.05, 0) is 74.9 Å². The number of fused-ring (bicyclic) bond motifs is 1. The highest BCUT2D eigenvalue weighted by Gasteiger charge is 2.39. The Balaban J connectivity index is 1.54. The Labute approximate surface area is 252 Å². The maximum atomic E-state index is 13.3. The summed E-state index contributed by atoms with van der Waals surface area (Å²) in [7, 11) is 3.22. The Morgan fingerprint density at radius 3 is 2.45 bits per heavy atom. The lowest BCUT2D eigenvalue weighted by atomic mass is 9.91. The first kappa shape index (κ1) is 29.2. The van der Waals surface area contributed by atoms with Gasteiger partial charge in [0.15, 0.2) is 0 Å². The summed E-state index contributed by atoms with van der Waals surface area (Å²) in [6.07, 6.45) is 0. The SMILES string of the molecule is COc1cc(OC(=O)c2cccc(Cl)c2)ccc1-c1ccc2c(c1COC(=O)c1ccc(C)s1)N(C)C(=O)C(C)(C)N2. The van der Waals surface area contributed by atoms with E-state index in [1.54, 1.807) is 54.4 Å². The first-order valence-corrected chi connectivity index (χ1v) is 14.3. The fraction of sp³-hybridized carbons (Fsp3) is 0.219. The second kappa shape index (κ2) is 11.5. The number of hydrogen-bond acceptors (Lipinski definition) is 8. The molecule has 0 aliphatic carbocycles. The van der Waals surface area contributed by atoms with Gasteiger partial charge in [-0.3, -0.25) is 4.79 Å². The van der Waals surface area contributed by atoms with Crippen molar-refractivity contribution in [2.75, 3.05) is 24.4 Å². The van der Waals surface area contributed by atoms with Gasteiger partial charge in [0.05, 0.1) is 24.0 Å². The van der Waals surface area contributed by atoms with Crippen molar-refractivity contribution in [1.29, 1.82) is 0 Å². The van der Waals surface area contributed by atoms with Gasteiger partial charge in [0.2, 0.25) is 0 Å². The Morgan fingerprint density at radius 2 is 1.76 bits per heavy atom. The average Bonchev–Trinajstić information content (AvgIpc) is 3.40. The molecule has 1 N–H and O–H groups in total. The van der Waals surface area contributed by atoms with Crippen LogP contribution >= 0.6 is 22.9 Å². The van der Waals surface area contributed by atoms with Crippen molar-refractivity contribution < 1.29 is 28.6 Å². The van der Waals surface area contributed by atoms with Crippen LogP contribution in [0.25, 0.3) is 11.1 Å². The molecule has 42 heavy (non-hydrogen) atoms. The predicted molar refractivity (Wildman–Crippen MR) is 164 cm³/mol. The van der Waals surface area contributed by atoms with Crippen LogP contribution in [0.4, 0.5) is 11.4 Å². The van der Waals surface area contributed by atoms with Crippen LogP contribution in [0.15, 0.2) is 66.7 Å². The average molecular weight is 605 g/mol. The van der Waals surface area contributed by atoms with Gasteiger partial charge in [-0.2, -0.15) is 0 Å². The molecule has 0 atom stereocenters. The van der Waals surface area contributed by atoms with Crippen LogP contribution in [0.2, 0.25) is 5.02 Å². The number of ether oxygens (including phenoxy) is 3. The third-order valence-corrected chi connectivity index (χ3v) is 8.14. The topological polar surface area (TPSA) is 94.2 Å². The zero-order valence-corrected chi connectivity index (χ0v) is 25.3. The molecular formula is C32H29ClN2O6S. The fourth-order valence-electron chi connectivity index (χ4n) is 4.92. The molecule has 216 valence electrons. The molecule has 1 amide bonds. The zero-order chi connectivity index (χ0) is 30.2. The number of rotatable bonds is 7. The van der Waals surface area contributed by atoms with E-state index in [2.05, 4.69) is 5.32 Å². The molecule has 0 fully saturated rings. The number of thiophene rings is 1. The molecule has 1 aromatic heterocycles. The van der Waals surface area contributed by atoms with Gasteiger partial charge in [-0.1, -0.05) is 23.7 Å². The highest BCUT2D eigenvalue weighted by atomic mass is 35.5. The maximum Gasteiger partial charge on any atom is 0.348 e. The molecule has 5 rings (SSSR count). The highest BCUT2D eigenvalue weighted by Crippen LogP contribution is 2.45. The number of nitrogens with one attached hydrogen (secondary N) is 1. The number of amides is 1. The molecule has 0 saturated carbocycles. The van der Waals surface area contributed by atoms with E-state index in [-0.39, 0.29) is 18.3 Å². The van der Waals surface area contributed by atoms with E-state index in [9.17, 15) is 14.4 Å². The first-order valence-electron chi connectivity index (χ1n) is 13.1. The number of nitrogens with zero attached hydrogens (tertiary/aromatic N) is 1. The summed E-state index contributed by atoms with van der Waals surface area (Å²) in [5.41, 5.74) is 2.79. The number of methoxy groups -OCH3 is 1. The molecule has 1 aliphatic heterocycles. The number of carbonyl (C=O) groups excluding carboxylic acids is 3. The van der Waals surface area contributed by atoms with E-state index in [4.69, 9.17) is 25.8 Å². The van der Waals surface area contributed by atoms with Crippen molar-refractivity contribution in [3.05, 3.63) is 92.6 Å². The van der Waals surface area contributed by atoms with E-state index in [1.807, 2.05) is 39.0 Å². The van der Waals surface area contributed by atoms with Crippen molar-refractivity contribution in [2.24, 2.45) is 0 Å². The second-order valence-electron chi connectivity index (χ2n) is 10.4.